The number of alkyl halides is 3. The number of hydrogen-bond donors (Lipinski definition) is 1. The van der Waals surface area contributed by atoms with Crippen LogP contribution in [-0.2, 0) is 0 Å². The molecule has 2 atom stereocenters. The molecule has 0 radical (unpaired) electrons. The molecular weight excluding hydrogens is 193 g/mol. The molecule has 0 fully saturated rings. The van der Waals surface area contributed by atoms with Crippen LogP contribution >= 0.6 is 0 Å². The first-order valence-electron chi connectivity index (χ1n) is 4.99. The second-order valence-corrected chi connectivity index (χ2v) is 4.22. The molecular formula is C10H19F3O. The lowest BCUT2D eigenvalue weighted by Gasteiger charge is -2.22. The van der Waals surface area contributed by atoms with Crippen molar-refractivity contribution in [3.8, 4) is 0 Å². The molecule has 1 nitrogen and oxygen atoms in total. The lowest BCUT2D eigenvalue weighted by atomic mass is 9.91. The summed E-state index contributed by atoms with van der Waals surface area (Å²) in [4.78, 5) is 0. The molecule has 0 aliphatic carbocycles. The highest BCUT2D eigenvalue weighted by Gasteiger charge is 2.27. The maximum Gasteiger partial charge on any atom is 0.389 e. The Morgan fingerprint density at radius 2 is 1.64 bits per heavy atom. The van der Waals surface area contributed by atoms with Crippen LogP contribution < -0.4 is 0 Å². The second kappa shape index (κ2) is 5.59. The van der Waals surface area contributed by atoms with Crippen molar-refractivity contribution >= 4 is 0 Å². The van der Waals surface area contributed by atoms with Crippen LogP contribution in [0.25, 0.3) is 0 Å². The minimum absolute atomic E-state index is 0.0580. The van der Waals surface area contributed by atoms with Crippen molar-refractivity contribution in [1.82, 2.24) is 0 Å². The van der Waals surface area contributed by atoms with Gasteiger partial charge in [-0.2, -0.15) is 13.2 Å². The molecule has 0 aromatic rings. The number of hydrogen-bond acceptors (Lipinski definition) is 1. The summed E-state index contributed by atoms with van der Waals surface area (Å²) in [5, 5.41) is 9.54. The molecule has 0 rings (SSSR count). The summed E-state index contributed by atoms with van der Waals surface area (Å²) >= 11 is 0. The van der Waals surface area contributed by atoms with E-state index in [1.165, 1.54) is 0 Å². The van der Waals surface area contributed by atoms with Crippen LogP contribution in [0.3, 0.4) is 0 Å². The fraction of sp³-hybridized carbons (Fsp3) is 1.00. The highest BCUT2D eigenvalue weighted by Crippen LogP contribution is 2.25. The lowest BCUT2D eigenvalue weighted by Crippen LogP contribution is -2.24. The maximum absolute atomic E-state index is 11.8. The lowest BCUT2D eigenvalue weighted by molar-refractivity contribution is -0.136. The Bertz CT molecular complexity index is 154. The predicted octanol–water partition coefficient (Wildman–Crippen LogP) is 3.37. The van der Waals surface area contributed by atoms with Gasteiger partial charge in [0.2, 0.25) is 0 Å². The van der Waals surface area contributed by atoms with Crippen LogP contribution in [-0.4, -0.2) is 17.4 Å². The Morgan fingerprint density at radius 1 is 1.14 bits per heavy atom. The zero-order chi connectivity index (χ0) is 11.4. The molecule has 0 amide bonds. The molecule has 0 saturated carbocycles. The van der Waals surface area contributed by atoms with Crippen LogP contribution in [0, 0.1) is 11.8 Å². The SMILES string of the molecule is CC(C)C(O)C(C)CCCC(F)(F)F. The first-order valence-corrected chi connectivity index (χ1v) is 4.99. The zero-order valence-electron chi connectivity index (χ0n) is 8.93. The van der Waals surface area contributed by atoms with Crippen LogP contribution in [0.1, 0.15) is 40.0 Å². The van der Waals surface area contributed by atoms with Gasteiger partial charge in [0, 0.05) is 6.42 Å². The summed E-state index contributed by atoms with van der Waals surface area (Å²) in [6, 6.07) is 0. The molecule has 14 heavy (non-hydrogen) atoms. The zero-order valence-corrected chi connectivity index (χ0v) is 8.93. The molecule has 86 valence electrons. The van der Waals surface area contributed by atoms with Crippen LogP contribution in [0.2, 0.25) is 0 Å². The van der Waals surface area contributed by atoms with E-state index in [2.05, 4.69) is 0 Å². The number of aliphatic hydroxyl groups excluding tert-OH is 1. The number of aliphatic hydroxyl groups is 1. The van der Waals surface area contributed by atoms with E-state index in [4.69, 9.17) is 0 Å². The van der Waals surface area contributed by atoms with Gasteiger partial charge in [-0.05, 0) is 24.7 Å². The molecule has 0 heterocycles. The highest BCUT2D eigenvalue weighted by molar-refractivity contribution is 4.68. The minimum atomic E-state index is -4.07. The molecule has 0 aliphatic heterocycles. The van der Waals surface area contributed by atoms with E-state index in [1.807, 2.05) is 13.8 Å². The molecule has 0 aliphatic rings. The van der Waals surface area contributed by atoms with Gasteiger partial charge in [-0.15, -0.1) is 0 Å². The van der Waals surface area contributed by atoms with Gasteiger partial charge in [-0.1, -0.05) is 20.8 Å². The minimum Gasteiger partial charge on any atom is -0.393 e. The Labute approximate surface area is 83.3 Å². The van der Waals surface area contributed by atoms with Gasteiger partial charge in [0.25, 0.3) is 0 Å². The van der Waals surface area contributed by atoms with E-state index in [0.717, 1.165) is 0 Å². The van der Waals surface area contributed by atoms with E-state index in [-0.39, 0.29) is 18.3 Å². The summed E-state index contributed by atoms with van der Waals surface area (Å²) in [6.45, 7) is 5.52. The third-order valence-electron chi connectivity index (χ3n) is 2.39. The smallest absolute Gasteiger partial charge is 0.389 e. The third kappa shape index (κ3) is 6.24. The Morgan fingerprint density at radius 3 is 2.00 bits per heavy atom. The van der Waals surface area contributed by atoms with Gasteiger partial charge in [-0.25, -0.2) is 0 Å². The summed E-state index contributed by atoms with van der Waals surface area (Å²) in [6.07, 6.45) is -4.78. The van der Waals surface area contributed by atoms with Gasteiger partial charge >= 0.3 is 6.18 Å². The van der Waals surface area contributed by atoms with E-state index in [1.54, 1.807) is 6.92 Å². The van der Waals surface area contributed by atoms with Gasteiger partial charge < -0.3 is 5.11 Å². The quantitative estimate of drug-likeness (QED) is 0.740. The predicted molar refractivity (Wildman–Crippen MR) is 49.9 cm³/mol. The van der Waals surface area contributed by atoms with Crippen molar-refractivity contribution in [1.29, 1.82) is 0 Å². The molecule has 0 aromatic carbocycles. The molecule has 0 bridgehead atoms. The molecule has 0 saturated heterocycles. The topological polar surface area (TPSA) is 20.2 Å². The summed E-state index contributed by atoms with van der Waals surface area (Å²) < 4.78 is 35.4. The van der Waals surface area contributed by atoms with Gasteiger partial charge in [0.1, 0.15) is 0 Å². The van der Waals surface area contributed by atoms with Gasteiger partial charge in [0.15, 0.2) is 0 Å². The monoisotopic (exact) mass is 212 g/mol. The fourth-order valence-electron chi connectivity index (χ4n) is 1.45. The second-order valence-electron chi connectivity index (χ2n) is 4.22. The van der Waals surface area contributed by atoms with Crippen molar-refractivity contribution in [2.24, 2.45) is 11.8 Å². The van der Waals surface area contributed by atoms with Crippen molar-refractivity contribution in [3.63, 3.8) is 0 Å². The molecule has 2 unspecified atom stereocenters. The molecule has 4 heteroatoms. The number of halogens is 3. The summed E-state index contributed by atoms with van der Waals surface area (Å²) in [5.74, 6) is 0.0493. The van der Waals surface area contributed by atoms with E-state index < -0.39 is 18.7 Å². The van der Waals surface area contributed by atoms with E-state index >= 15 is 0 Å². The first kappa shape index (κ1) is 13.8. The van der Waals surface area contributed by atoms with E-state index in [9.17, 15) is 18.3 Å². The average Bonchev–Trinajstić information content (AvgIpc) is 2.00. The first-order chi connectivity index (χ1) is 6.24. The largest absolute Gasteiger partial charge is 0.393 e. The standard InChI is InChI=1S/C10H19F3O/c1-7(2)9(14)8(3)5-4-6-10(11,12)13/h7-9,14H,4-6H2,1-3H3. The Balaban J connectivity index is 3.69. The maximum atomic E-state index is 11.8. The average molecular weight is 212 g/mol. The normalized spacial score (nSPS) is 17.1. The molecule has 1 N–H and O–H groups in total. The fourth-order valence-corrected chi connectivity index (χ4v) is 1.45. The third-order valence-corrected chi connectivity index (χ3v) is 2.39. The van der Waals surface area contributed by atoms with Crippen molar-refractivity contribution < 1.29 is 18.3 Å². The van der Waals surface area contributed by atoms with E-state index in [0.29, 0.717) is 6.42 Å². The molecule has 0 spiro atoms. The van der Waals surface area contributed by atoms with Gasteiger partial charge in [0.05, 0.1) is 6.10 Å². The van der Waals surface area contributed by atoms with Crippen molar-refractivity contribution in [2.45, 2.75) is 52.3 Å². The Kier molecular flexibility index (Phi) is 5.49. The van der Waals surface area contributed by atoms with Gasteiger partial charge in [-0.3, -0.25) is 0 Å². The highest BCUT2D eigenvalue weighted by atomic mass is 19.4. The Hall–Kier alpha value is -0.250. The van der Waals surface area contributed by atoms with Crippen LogP contribution in [0.4, 0.5) is 13.2 Å². The summed E-state index contributed by atoms with van der Waals surface area (Å²) in [7, 11) is 0. The molecule has 0 aromatic heterocycles. The van der Waals surface area contributed by atoms with Crippen molar-refractivity contribution in [3.05, 3.63) is 0 Å². The van der Waals surface area contributed by atoms with Crippen LogP contribution in [0.15, 0.2) is 0 Å². The van der Waals surface area contributed by atoms with Crippen LogP contribution in [0.5, 0.6) is 0 Å². The number of rotatable bonds is 5. The summed E-state index contributed by atoms with van der Waals surface area (Å²) in [5.41, 5.74) is 0. The van der Waals surface area contributed by atoms with Crippen molar-refractivity contribution in [2.75, 3.05) is 0 Å².